The lowest BCUT2D eigenvalue weighted by Crippen LogP contribution is -2.62. The van der Waals surface area contributed by atoms with Crippen molar-refractivity contribution in [2.45, 2.75) is 42.7 Å². The fraction of sp³-hybridized carbons (Fsp3) is 1.00. The van der Waals surface area contributed by atoms with E-state index in [1.54, 1.807) is 0 Å². The molecule has 0 aliphatic heterocycles. The van der Waals surface area contributed by atoms with E-state index in [4.69, 9.17) is 0 Å². The van der Waals surface area contributed by atoms with Gasteiger partial charge in [-0.05, 0) is 0 Å². The van der Waals surface area contributed by atoms with Gasteiger partial charge in [-0.3, -0.25) is 0 Å². The topological polar surface area (TPSA) is 43.4 Å². The molecule has 0 N–H and O–H groups in total. The number of hydrogen-bond acceptors (Lipinski definition) is 3. The molecule has 0 aromatic carbocycles. The third kappa shape index (κ3) is 3.47. The summed E-state index contributed by atoms with van der Waals surface area (Å²) in [6.07, 6.45) is -12.9. The van der Waals surface area contributed by atoms with E-state index in [0.717, 1.165) is 0 Å². The second kappa shape index (κ2) is 5.01. The van der Waals surface area contributed by atoms with E-state index in [1.807, 2.05) is 0 Å². The van der Waals surface area contributed by atoms with E-state index in [2.05, 4.69) is 4.74 Å². The van der Waals surface area contributed by atoms with Crippen LogP contribution in [0, 0.1) is 0 Å². The molecule has 0 spiro atoms. The van der Waals surface area contributed by atoms with Crippen molar-refractivity contribution >= 4 is 18.3 Å². The Bertz CT molecular complexity index is 496. The van der Waals surface area contributed by atoms with Crippen molar-refractivity contribution < 1.29 is 52.2 Å². The Morgan fingerprint density at radius 3 is 1.38 bits per heavy atom. The van der Waals surface area contributed by atoms with Gasteiger partial charge in [0.05, 0.1) is 0 Å². The van der Waals surface area contributed by atoms with E-state index in [0.29, 0.717) is 19.6 Å². The maximum Gasteiger partial charge on any atom is 0.464 e. The molecule has 0 heterocycles. The van der Waals surface area contributed by atoms with Gasteiger partial charge in [0.1, 0.15) is 8.07 Å². The molecular formula is C7H9F9O3SSi. The minimum atomic E-state index is -7.39. The van der Waals surface area contributed by atoms with E-state index in [1.165, 1.54) is 0 Å². The first-order chi connectivity index (χ1) is 8.71. The molecule has 21 heavy (non-hydrogen) atoms. The molecule has 0 rings (SSSR count). The van der Waals surface area contributed by atoms with Crippen LogP contribution in [0.1, 0.15) is 0 Å². The lowest BCUT2D eigenvalue weighted by molar-refractivity contribution is -0.444. The van der Waals surface area contributed by atoms with Crippen molar-refractivity contribution in [1.82, 2.24) is 0 Å². The molecule has 0 aromatic rings. The summed E-state index contributed by atoms with van der Waals surface area (Å²) in [6.45, 7) is 1.77. The Morgan fingerprint density at radius 2 is 1.14 bits per heavy atom. The molecule has 14 heteroatoms. The molecule has 0 aromatic heterocycles. The third-order valence-corrected chi connectivity index (χ3v) is 5.23. The Kier molecular flexibility index (Phi) is 4.89. The first-order valence-corrected chi connectivity index (χ1v) is 9.75. The molecule has 0 aliphatic carbocycles. The average Bonchev–Trinajstić information content (AvgIpc) is 2.11. The Hall–Kier alpha value is -0.503. The summed E-state index contributed by atoms with van der Waals surface area (Å²) in [5.74, 6) is 0. The van der Waals surface area contributed by atoms with Crippen molar-refractivity contribution in [1.29, 1.82) is 0 Å². The molecule has 0 atom stereocenters. The van der Waals surface area contributed by atoms with E-state index >= 15 is 0 Å². The van der Waals surface area contributed by atoms with Gasteiger partial charge in [0.2, 0.25) is 0 Å². The third-order valence-electron chi connectivity index (χ3n) is 2.21. The molecule has 0 bridgehead atoms. The zero-order valence-electron chi connectivity index (χ0n) is 10.5. The average molecular weight is 372 g/mol. The normalized spacial score (nSPS) is 16.2. The van der Waals surface area contributed by atoms with Gasteiger partial charge >= 0.3 is 33.2 Å². The molecule has 0 amide bonds. The number of hydrogen-bond donors (Lipinski definition) is 0. The maximum atomic E-state index is 13.3. The van der Waals surface area contributed by atoms with Gasteiger partial charge in [-0.2, -0.15) is 34.8 Å². The van der Waals surface area contributed by atoms with Crippen LogP contribution in [0.25, 0.3) is 0 Å². The smallest absolute Gasteiger partial charge is 0.245 e. The quantitative estimate of drug-likeness (QED) is 0.407. The van der Waals surface area contributed by atoms with Gasteiger partial charge in [0, 0.05) is 0 Å². The molecule has 3 nitrogen and oxygen atoms in total. The van der Waals surface area contributed by atoms with Crippen molar-refractivity contribution in [3.8, 4) is 0 Å². The Morgan fingerprint density at radius 1 is 0.810 bits per heavy atom. The summed E-state index contributed by atoms with van der Waals surface area (Å²) < 4.78 is 137. The van der Waals surface area contributed by atoms with Gasteiger partial charge in [-0.25, -0.2) is 13.5 Å². The van der Waals surface area contributed by atoms with Crippen LogP contribution < -0.4 is 0 Å². The highest BCUT2D eigenvalue weighted by molar-refractivity contribution is 7.87. The molecule has 0 radical (unpaired) electrons. The largest absolute Gasteiger partial charge is 0.464 e. The lowest BCUT2D eigenvalue weighted by Gasteiger charge is -2.36. The van der Waals surface area contributed by atoms with E-state index < -0.39 is 41.3 Å². The predicted molar refractivity (Wildman–Crippen MR) is 54.2 cm³/mol. The van der Waals surface area contributed by atoms with Gasteiger partial charge in [0.15, 0.2) is 0 Å². The van der Waals surface area contributed by atoms with Crippen LogP contribution in [-0.2, 0) is 15.0 Å². The zero-order chi connectivity index (χ0) is 17.7. The van der Waals surface area contributed by atoms with Crippen LogP contribution >= 0.6 is 0 Å². The first-order valence-electron chi connectivity index (χ1n) is 4.86. The molecule has 0 fully saturated rings. The fourth-order valence-electron chi connectivity index (χ4n) is 0.863. The van der Waals surface area contributed by atoms with E-state index in [-0.39, 0.29) is 0 Å². The van der Waals surface area contributed by atoms with Crippen molar-refractivity contribution in [2.75, 3.05) is 0 Å². The monoisotopic (exact) mass is 372 g/mol. The predicted octanol–water partition coefficient (Wildman–Crippen LogP) is 3.59. The summed E-state index contributed by atoms with van der Waals surface area (Å²) in [7, 11) is -11.6. The van der Waals surface area contributed by atoms with Crippen LogP contribution in [-0.4, -0.2) is 39.5 Å². The highest BCUT2D eigenvalue weighted by atomic mass is 32.3. The highest BCUT2D eigenvalue weighted by Crippen LogP contribution is 2.49. The molecule has 128 valence electrons. The summed E-state index contributed by atoms with van der Waals surface area (Å²) in [5.41, 5.74) is -5.26. The molecule has 0 saturated heterocycles. The Balaban J connectivity index is 5.76. The molecular weight excluding hydrogens is 363 g/mol. The van der Waals surface area contributed by atoms with Gasteiger partial charge in [0.25, 0.3) is 0 Å². The highest BCUT2D eigenvalue weighted by Gasteiger charge is 2.76. The van der Waals surface area contributed by atoms with Crippen molar-refractivity contribution in [3.05, 3.63) is 0 Å². The molecule has 0 unspecified atom stereocenters. The first kappa shape index (κ1) is 20.5. The Labute approximate surface area is 114 Å². The van der Waals surface area contributed by atoms with Crippen LogP contribution in [0.4, 0.5) is 39.0 Å². The van der Waals surface area contributed by atoms with Crippen molar-refractivity contribution in [2.24, 2.45) is 0 Å². The minimum Gasteiger partial charge on any atom is -0.245 e. The summed E-state index contributed by atoms with van der Waals surface area (Å²) in [6, 6.07) is 0. The van der Waals surface area contributed by atoms with Crippen LogP contribution in [0.3, 0.4) is 0 Å². The van der Waals surface area contributed by atoms with Gasteiger partial charge < -0.3 is 0 Å². The molecule has 0 saturated carbocycles. The summed E-state index contributed by atoms with van der Waals surface area (Å²) in [4.78, 5) is 0. The lowest BCUT2D eigenvalue weighted by atomic mass is 10.6. The number of halogens is 9. The summed E-state index contributed by atoms with van der Waals surface area (Å²) in [5, 5.41) is -6.76. The minimum absolute atomic E-state index is 0.590. The van der Waals surface area contributed by atoms with Gasteiger partial charge in [-0.15, -0.1) is 0 Å². The van der Waals surface area contributed by atoms with Crippen LogP contribution in [0.15, 0.2) is 0 Å². The molecule has 0 aliphatic rings. The van der Waals surface area contributed by atoms with Crippen molar-refractivity contribution in [3.63, 3.8) is 0 Å². The van der Waals surface area contributed by atoms with E-state index in [9.17, 15) is 47.4 Å². The van der Waals surface area contributed by atoms with Crippen LogP contribution in [0.5, 0.6) is 0 Å². The zero-order valence-corrected chi connectivity index (χ0v) is 12.4. The maximum absolute atomic E-state index is 13.3. The summed E-state index contributed by atoms with van der Waals surface area (Å²) >= 11 is 0. The number of rotatable bonds is 6. The number of alkyl halides is 8. The second-order valence-corrected chi connectivity index (χ2v) is 11.4. The number of ether oxygens (including phenoxy) is 1. The second-order valence-electron chi connectivity index (χ2n) is 4.91. The SMILES string of the molecule is C[Si](C)(C)C(F)(F)C(F)(F)OC(F)(F)C(F)(F)S(=O)(=O)F. The van der Waals surface area contributed by atoms with Gasteiger partial charge in [-0.1, -0.05) is 23.5 Å². The standard InChI is InChI=1S/C7H9F9O3SSi/c1-21(2,3)7(14,15)5(10,11)19-4(8,9)6(12,13)20(16,17)18/h1-3H3. The fourth-order valence-corrected chi connectivity index (χ4v) is 2.11. The van der Waals surface area contributed by atoms with Crippen LogP contribution in [0.2, 0.25) is 19.6 Å².